The Hall–Kier alpha value is -2.69. The number of carbonyl (C=O) groups is 1. The van der Waals surface area contributed by atoms with Gasteiger partial charge in [-0.3, -0.25) is 4.79 Å². The number of hydrogen-bond acceptors (Lipinski definition) is 3. The van der Waals surface area contributed by atoms with Gasteiger partial charge in [-0.1, -0.05) is 66.9 Å². The van der Waals surface area contributed by atoms with Crippen LogP contribution >= 0.6 is 0 Å². The second kappa shape index (κ2) is 7.28. The topological polar surface area (TPSA) is 59.8 Å². The Morgan fingerprint density at radius 3 is 2.73 bits per heavy atom. The molecule has 2 aromatic carbocycles. The van der Waals surface area contributed by atoms with Crippen LogP contribution < -0.4 is 5.32 Å². The van der Waals surface area contributed by atoms with Crippen molar-refractivity contribution in [3.63, 3.8) is 0 Å². The molecule has 1 aromatic heterocycles. The zero-order chi connectivity index (χ0) is 17.9. The van der Waals surface area contributed by atoms with Crippen LogP contribution in [-0.2, 0) is 0 Å². The molecule has 5 heteroatoms. The normalized spacial score (nSPS) is 16.5. The van der Waals surface area contributed by atoms with Crippen LogP contribution in [0, 0.1) is 0 Å². The van der Waals surface area contributed by atoms with E-state index < -0.39 is 0 Å². The molecule has 0 spiro atoms. The lowest BCUT2D eigenvalue weighted by atomic mass is 9.96. The van der Waals surface area contributed by atoms with Crippen LogP contribution in [0.4, 0.5) is 0 Å². The van der Waals surface area contributed by atoms with Crippen molar-refractivity contribution in [3.8, 4) is 0 Å². The van der Waals surface area contributed by atoms with Gasteiger partial charge < -0.3 is 5.32 Å². The quantitative estimate of drug-likeness (QED) is 0.759. The molecular formula is C21H24N4O. The van der Waals surface area contributed by atoms with E-state index in [2.05, 4.69) is 39.9 Å². The predicted molar refractivity (Wildman–Crippen MR) is 102 cm³/mol. The van der Waals surface area contributed by atoms with Gasteiger partial charge in [0.2, 0.25) is 0 Å². The molecule has 1 amide bonds. The number of benzene rings is 2. The van der Waals surface area contributed by atoms with Gasteiger partial charge in [-0.25, -0.2) is 4.68 Å². The Morgan fingerprint density at radius 2 is 1.88 bits per heavy atom. The molecule has 1 atom stereocenters. The van der Waals surface area contributed by atoms with Crippen LogP contribution in [0.15, 0.2) is 48.7 Å². The van der Waals surface area contributed by atoms with E-state index in [4.69, 9.17) is 0 Å². The molecule has 3 aromatic rings. The van der Waals surface area contributed by atoms with Gasteiger partial charge in [0.05, 0.1) is 18.3 Å². The van der Waals surface area contributed by atoms with Crippen LogP contribution in [0.1, 0.15) is 67.2 Å². The summed E-state index contributed by atoms with van der Waals surface area (Å²) in [6, 6.07) is 14.7. The van der Waals surface area contributed by atoms with Crippen molar-refractivity contribution >= 4 is 16.7 Å². The molecule has 0 saturated heterocycles. The summed E-state index contributed by atoms with van der Waals surface area (Å²) in [5, 5.41) is 13.7. The first-order chi connectivity index (χ1) is 12.7. The lowest BCUT2D eigenvalue weighted by molar-refractivity contribution is 0.0935. The van der Waals surface area contributed by atoms with Crippen molar-refractivity contribution in [1.82, 2.24) is 20.3 Å². The highest BCUT2D eigenvalue weighted by atomic mass is 16.2. The number of amides is 1. The van der Waals surface area contributed by atoms with Crippen molar-refractivity contribution < 1.29 is 4.79 Å². The van der Waals surface area contributed by atoms with E-state index in [0.29, 0.717) is 11.7 Å². The average molecular weight is 348 g/mol. The fourth-order valence-corrected chi connectivity index (χ4v) is 3.88. The van der Waals surface area contributed by atoms with Crippen LogP contribution in [0.2, 0.25) is 0 Å². The molecule has 1 N–H and O–H groups in total. The zero-order valence-electron chi connectivity index (χ0n) is 15.1. The molecule has 1 aliphatic rings. The number of fused-ring (bicyclic) bond motifs is 1. The van der Waals surface area contributed by atoms with E-state index in [9.17, 15) is 4.79 Å². The predicted octanol–water partition coefficient (Wildman–Crippen LogP) is 4.43. The first-order valence-electron chi connectivity index (χ1n) is 9.43. The van der Waals surface area contributed by atoms with E-state index in [1.807, 2.05) is 29.8 Å². The maximum absolute atomic E-state index is 12.6. The molecular weight excluding hydrogens is 324 g/mol. The van der Waals surface area contributed by atoms with E-state index in [-0.39, 0.29) is 11.9 Å². The Balaban J connectivity index is 1.50. The van der Waals surface area contributed by atoms with E-state index >= 15 is 0 Å². The molecule has 26 heavy (non-hydrogen) atoms. The number of hydrogen-bond donors (Lipinski definition) is 1. The third kappa shape index (κ3) is 3.34. The van der Waals surface area contributed by atoms with Crippen LogP contribution in [0.3, 0.4) is 0 Å². The van der Waals surface area contributed by atoms with Crippen molar-refractivity contribution in [3.05, 3.63) is 59.9 Å². The van der Waals surface area contributed by atoms with Crippen molar-refractivity contribution in [1.29, 1.82) is 0 Å². The van der Waals surface area contributed by atoms with E-state index in [1.165, 1.54) is 24.6 Å². The van der Waals surface area contributed by atoms with Gasteiger partial charge in [0, 0.05) is 0 Å². The smallest absolute Gasteiger partial charge is 0.273 e. The highest BCUT2D eigenvalue weighted by Gasteiger charge is 2.20. The minimum Gasteiger partial charge on any atom is -0.344 e. The fraction of sp³-hybridized carbons (Fsp3) is 0.381. The molecule has 1 fully saturated rings. The molecule has 0 radical (unpaired) electrons. The standard InChI is InChI=1S/C21H24N4O/c1-15(18-13-7-9-16-8-5-6-12-19(16)18)22-21(26)20-14-25(24-23-20)17-10-3-2-4-11-17/h5-9,12-15,17H,2-4,10-11H2,1H3,(H,22,26)/t15-/m0/s1. The third-order valence-electron chi connectivity index (χ3n) is 5.33. The van der Waals surface area contributed by atoms with Crippen molar-refractivity contribution in [2.45, 2.75) is 51.1 Å². The Bertz CT molecular complexity index is 906. The number of rotatable bonds is 4. The summed E-state index contributed by atoms with van der Waals surface area (Å²) < 4.78 is 1.87. The molecule has 0 bridgehead atoms. The first-order valence-corrected chi connectivity index (χ1v) is 9.43. The summed E-state index contributed by atoms with van der Waals surface area (Å²) in [5.74, 6) is -0.174. The second-order valence-corrected chi connectivity index (χ2v) is 7.14. The molecule has 0 aliphatic heterocycles. The Labute approximate surface area is 153 Å². The van der Waals surface area contributed by atoms with E-state index in [0.717, 1.165) is 23.8 Å². The maximum Gasteiger partial charge on any atom is 0.273 e. The van der Waals surface area contributed by atoms with Crippen LogP contribution in [0.5, 0.6) is 0 Å². The molecule has 0 unspecified atom stereocenters. The summed E-state index contributed by atoms with van der Waals surface area (Å²) in [6.45, 7) is 2.01. The van der Waals surface area contributed by atoms with Gasteiger partial charge >= 0.3 is 0 Å². The SMILES string of the molecule is C[C@H](NC(=O)c1cn(C2CCCCC2)nn1)c1cccc2ccccc12. The summed E-state index contributed by atoms with van der Waals surface area (Å²) in [4.78, 5) is 12.6. The zero-order valence-corrected chi connectivity index (χ0v) is 15.1. The summed E-state index contributed by atoms with van der Waals surface area (Å²) >= 11 is 0. The monoisotopic (exact) mass is 348 g/mol. The average Bonchev–Trinajstić information content (AvgIpc) is 3.18. The molecule has 1 heterocycles. The minimum atomic E-state index is -0.174. The molecule has 134 valence electrons. The molecule has 1 saturated carbocycles. The van der Waals surface area contributed by atoms with Crippen molar-refractivity contribution in [2.24, 2.45) is 0 Å². The van der Waals surface area contributed by atoms with Crippen LogP contribution in [-0.4, -0.2) is 20.9 Å². The summed E-state index contributed by atoms with van der Waals surface area (Å²) in [7, 11) is 0. The first kappa shape index (κ1) is 16.8. The third-order valence-corrected chi connectivity index (χ3v) is 5.33. The van der Waals surface area contributed by atoms with Gasteiger partial charge in [0.15, 0.2) is 5.69 Å². The molecule has 5 nitrogen and oxygen atoms in total. The maximum atomic E-state index is 12.6. The number of nitrogens with zero attached hydrogens (tertiary/aromatic N) is 3. The second-order valence-electron chi connectivity index (χ2n) is 7.14. The number of carbonyl (C=O) groups excluding carboxylic acids is 1. The van der Waals surface area contributed by atoms with Gasteiger partial charge in [-0.05, 0) is 36.1 Å². The van der Waals surface area contributed by atoms with Gasteiger partial charge in [-0.2, -0.15) is 0 Å². The number of aromatic nitrogens is 3. The minimum absolute atomic E-state index is 0.103. The molecule has 1 aliphatic carbocycles. The summed E-state index contributed by atoms with van der Waals surface area (Å²) in [5.41, 5.74) is 1.50. The van der Waals surface area contributed by atoms with Crippen LogP contribution in [0.25, 0.3) is 10.8 Å². The fourth-order valence-electron chi connectivity index (χ4n) is 3.88. The lowest BCUT2D eigenvalue weighted by Crippen LogP contribution is -2.27. The Morgan fingerprint density at radius 1 is 1.12 bits per heavy atom. The van der Waals surface area contributed by atoms with E-state index in [1.54, 1.807) is 6.20 Å². The van der Waals surface area contributed by atoms with Gasteiger partial charge in [-0.15, -0.1) is 5.10 Å². The van der Waals surface area contributed by atoms with Gasteiger partial charge in [0.25, 0.3) is 5.91 Å². The highest BCUT2D eigenvalue weighted by Crippen LogP contribution is 2.27. The lowest BCUT2D eigenvalue weighted by Gasteiger charge is -2.20. The van der Waals surface area contributed by atoms with Crippen molar-refractivity contribution in [2.75, 3.05) is 0 Å². The largest absolute Gasteiger partial charge is 0.344 e. The van der Waals surface area contributed by atoms with Gasteiger partial charge in [0.1, 0.15) is 0 Å². The molecule has 4 rings (SSSR count). The number of nitrogens with one attached hydrogen (secondary N) is 1. The highest BCUT2D eigenvalue weighted by molar-refractivity contribution is 5.93. The summed E-state index contributed by atoms with van der Waals surface area (Å²) in [6.07, 6.45) is 7.78. The Kier molecular flexibility index (Phi) is 4.69.